The van der Waals surface area contributed by atoms with Crippen molar-refractivity contribution in [3.8, 4) is 5.75 Å². The number of nitrogens with zero attached hydrogens (tertiary/aromatic N) is 3. The van der Waals surface area contributed by atoms with Crippen molar-refractivity contribution in [3.05, 3.63) is 54.7 Å². The summed E-state index contributed by atoms with van der Waals surface area (Å²) in [6.07, 6.45) is 1.13. The number of aromatic nitrogens is 3. The van der Waals surface area contributed by atoms with E-state index in [4.69, 9.17) is 0 Å². The molecule has 0 aliphatic heterocycles. The largest absolute Gasteiger partial charge is 0.502 e. The maximum Gasteiger partial charge on any atom is 0.342 e. The van der Waals surface area contributed by atoms with E-state index in [9.17, 15) is 29.6 Å². The molecule has 13 heteroatoms. The van der Waals surface area contributed by atoms with Gasteiger partial charge >= 0.3 is 11.4 Å². The SMILES string of the molecule is O=C(CNc1n[nH]c(=O)[nH]c1=O)N/N=C/c1ccc(O)c([N+](=O)[O-])c1. The van der Waals surface area contributed by atoms with Crippen molar-refractivity contribution in [2.75, 3.05) is 11.9 Å². The number of benzene rings is 1. The first-order chi connectivity index (χ1) is 11.9. The maximum absolute atomic E-state index is 11.6. The number of nitro groups is 1. The molecule has 130 valence electrons. The van der Waals surface area contributed by atoms with Gasteiger partial charge in [0, 0.05) is 11.6 Å². The topological polar surface area (TPSA) is 195 Å². The van der Waals surface area contributed by atoms with E-state index in [0.717, 1.165) is 18.3 Å². The Morgan fingerprint density at radius 2 is 2.20 bits per heavy atom. The van der Waals surface area contributed by atoms with Crippen LogP contribution in [0.2, 0.25) is 0 Å². The molecule has 1 aromatic carbocycles. The van der Waals surface area contributed by atoms with Gasteiger partial charge in [0.25, 0.3) is 11.5 Å². The Labute approximate surface area is 137 Å². The third kappa shape index (κ3) is 4.72. The van der Waals surface area contributed by atoms with Crippen molar-refractivity contribution in [3.63, 3.8) is 0 Å². The van der Waals surface area contributed by atoms with Gasteiger partial charge in [0.05, 0.1) is 17.7 Å². The Morgan fingerprint density at radius 1 is 1.44 bits per heavy atom. The van der Waals surface area contributed by atoms with E-state index in [1.54, 1.807) is 0 Å². The van der Waals surface area contributed by atoms with Gasteiger partial charge in [0.15, 0.2) is 5.75 Å². The predicted molar refractivity (Wildman–Crippen MR) is 84.5 cm³/mol. The highest BCUT2D eigenvalue weighted by molar-refractivity contribution is 5.85. The number of anilines is 1. The molecule has 25 heavy (non-hydrogen) atoms. The number of hydrazone groups is 1. The van der Waals surface area contributed by atoms with Crippen molar-refractivity contribution >= 4 is 23.6 Å². The lowest BCUT2D eigenvalue weighted by Crippen LogP contribution is -2.31. The van der Waals surface area contributed by atoms with E-state index < -0.39 is 33.5 Å². The Kier molecular flexibility index (Phi) is 5.19. The summed E-state index contributed by atoms with van der Waals surface area (Å²) in [5.74, 6) is -1.39. The second-order valence-corrected chi connectivity index (χ2v) is 4.51. The van der Waals surface area contributed by atoms with Crippen molar-refractivity contribution in [2.45, 2.75) is 0 Å². The highest BCUT2D eigenvalue weighted by Gasteiger charge is 2.12. The second kappa shape index (κ2) is 7.49. The number of phenols is 1. The molecule has 0 aliphatic rings. The number of carbonyl (C=O) groups excluding carboxylic acids is 1. The summed E-state index contributed by atoms with van der Waals surface area (Å²) in [5.41, 5.74) is 0.314. The molecule has 0 saturated heterocycles. The van der Waals surface area contributed by atoms with Gasteiger partial charge in [0.1, 0.15) is 0 Å². The van der Waals surface area contributed by atoms with Crippen molar-refractivity contribution < 1.29 is 14.8 Å². The maximum atomic E-state index is 11.6. The summed E-state index contributed by atoms with van der Waals surface area (Å²) in [5, 5.41) is 31.4. The van der Waals surface area contributed by atoms with Crippen LogP contribution in [0.1, 0.15) is 5.56 Å². The van der Waals surface area contributed by atoms with Gasteiger partial charge in [-0.25, -0.2) is 15.3 Å². The Bertz CT molecular complexity index is 947. The zero-order chi connectivity index (χ0) is 18.4. The molecule has 1 heterocycles. The van der Waals surface area contributed by atoms with Crippen LogP contribution in [-0.2, 0) is 4.79 Å². The van der Waals surface area contributed by atoms with Crippen molar-refractivity contribution in [2.24, 2.45) is 5.10 Å². The minimum atomic E-state index is -0.795. The lowest BCUT2D eigenvalue weighted by Gasteiger charge is -2.02. The van der Waals surface area contributed by atoms with E-state index in [2.05, 4.69) is 20.9 Å². The molecule has 0 saturated carbocycles. The first kappa shape index (κ1) is 17.3. The number of carbonyl (C=O) groups is 1. The first-order valence-corrected chi connectivity index (χ1v) is 6.59. The Balaban J connectivity index is 1.92. The number of amides is 1. The molecule has 1 amide bonds. The average Bonchev–Trinajstić information content (AvgIpc) is 2.55. The molecule has 0 atom stereocenters. The monoisotopic (exact) mass is 349 g/mol. The van der Waals surface area contributed by atoms with Gasteiger partial charge in [-0.3, -0.25) is 24.7 Å². The van der Waals surface area contributed by atoms with Gasteiger partial charge in [-0.05, 0) is 12.1 Å². The van der Waals surface area contributed by atoms with E-state index in [0.29, 0.717) is 0 Å². The molecule has 0 radical (unpaired) electrons. The number of nitro benzene ring substituents is 1. The number of hydrogen-bond donors (Lipinski definition) is 5. The fourth-order valence-corrected chi connectivity index (χ4v) is 1.62. The summed E-state index contributed by atoms with van der Waals surface area (Å²) in [6.45, 7) is -0.366. The van der Waals surface area contributed by atoms with Crippen molar-refractivity contribution in [1.82, 2.24) is 20.6 Å². The number of nitrogens with one attached hydrogen (secondary N) is 4. The smallest absolute Gasteiger partial charge is 0.342 e. The van der Waals surface area contributed by atoms with E-state index in [1.807, 2.05) is 10.1 Å². The first-order valence-electron chi connectivity index (χ1n) is 6.59. The third-order valence-corrected chi connectivity index (χ3v) is 2.73. The number of aromatic hydroxyl groups is 1. The van der Waals surface area contributed by atoms with Crippen molar-refractivity contribution in [1.29, 1.82) is 0 Å². The minimum Gasteiger partial charge on any atom is -0.502 e. The zero-order valence-electron chi connectivity index (χ0n) is 12.3. The molecule has 2 aromatic rings. The van der Waals surface area contributed by atoms with Crippen LogP contribution in [0.15, 0.2) is 32.9 Å². The zero-order valence-corrected chi connectivity index (χ0v) is 12.3. The summed E-state index contributed by atoms with van der Waals surface area (Å²) in [4.78, 5) is 45.5. The van der Waals surface area contributed by atoms with Crippen LogP contribution < -0.4 is 22.0 Å². The average molecular weight is 349 g/mol. The Hall–Kier alpha value is -4.03. The van der Waals surface area contributed by atoms with Gasteiger partial charge in [-0.15, -0.1) is 5.10 Å². The molecule has 13 nitrogen and oxygen atoms in total. The molecule has 0 spiro atoms. The van der Waals surface area contributed by atoms with E-state index >= 15 is 0 Å². The van der Waals surface area contributed by atoms with Gasteiger partial charge in [0.2, 0.25) is 5.82 Å². The van der Waals surface area contributed by atoms with Gasteiger partial charge in [-0.2, -0.15) is 5.10 Å². The van der Waals surface area contributed by atoms with E-state index in [1.165, 1.54) is 6.07 Å². The normalized spacial score (nSPS) is 10.6. The molecule has 1 aromatic heterocycles. The fourth-order valence-electron chi connectivity index (χ4n) is 1.62. The molecule has 0 fully saturated rings. The minimum absolute atomic E-state index is 0.257. The lowest BCUT2D eigenvalue weighted by atomic mass is 10.2. The second-order valence-electron chi connectivity index (χ2n) is 4.51. The highest BCUT2D eigenvalue weighted by Crippen LogP contribution is 2.25. The number of aromatic amines is 2. The fraction of sp³-hybridized carbons (Fsp3) is 0.0833. The molecular weight excluding hydrogens is 338 g/mol. The summed E-state index contributed by atoms with van der Waals surface area (Å²) in [7, 11) is 0. The summed E-state index contributed by atoms with van der Waals surface area (Å²) in [6, 6.07) is 3.56. The molecule has 0 bridgehead atoms. The van der Waals surface area contributed by atoms with Crippen LogP contribution in [0.3, 0.4) is 0 Å². The van der Waals surface area contributed by atoms with Crippen LogP contribution in [0.5, 0.6) is 5.75 Å². The third-order valence-electron chi connectivity index (χ3n) is 2.73. The summed E-state index contributed by atoms with van der Waals surface area (Å²) >= 11 is 0. The highest BCUT2D eigenvalue weighted by atomic mass is 16.6. The number of hydrogen-bond acceptors (Lipinski definition) is 9. The van der Waals surface area contributed by atoms with Crippen LogP contribution in [0.25, 0.3) is 0 Å². The molecular formula is C12H11N7O6. The number of H-pyrrole nitrogens is 2. The molecule has 5 N–H and O–H groups in total. The molecule has 0 aliphatic carbocycles. The van der Waals surface area contributed by atoms with Crippen LogP contribution >= 0.6 is 0 Å². The predicted octanol–water partition coefficient (Wildman–Crippen LogP) is -1.37. The van der Waals surface area contributed by atoms with Crippen LogP contribution in [-0.4, -0.2) is 43.9 Å². The summed E-state index contributed by atoms with van der Waals surface area (Å²) < 4.78 is 0. The molecule has 2 rings (SSSR count). The standard InChI is InChI=1S/C12H11N7O6/c20-8-2-1-6(3-7(8)19(24)25)4-14-16-9(21)5-13-10-11(22)15-12(23)18-17-10/h1-4,20H,5H2,(H,13,17)(H,16,21)(H2,15,18,22,23)/b14-4+. The molecule has 0 unspecified atom stereocenters. The van der Waals surface area contributed by atoms with Gasteiger partial charge < -0.3 is 10.4 Å². The Morgan fingerprint density at radius 3 is 2.88 bits per heavy atom. The van der Waals surface area contributed by atoms with E-state index in [-0.39, 0.29) is 17.9 Å². The van der Waals surface area contributed by atoms with Crippen LogP contribution in [0.4, 0.5) is 11.5 Å². The number of phenolic OH excluding ortho intramolecular Hbond substituents is 1. The lowest BCUT2D eigenvalue weighted by molar-refractivity contribution is -0.385. The van der Waals surface area contributed by atoms with Gasteiger partial charge in [-0.1, -0.05) is 0 Å². The number of rotatable bonds is 6. The quantitative estimate of drug-likeness (QED) is 0.239. The van der Waals surface area contributed by atoms with Crippen LogP contribution in [0, 0.1) is 10.1 Å².